The number of hydrogen-bond donors (Lipinski definition) is 3. The van der Waals surface area contributed by atoms with Crippen LogP contribution >= 0.6 is 0 Å². The van der Waals surface area contributed by atoms with Crippen LogP contribution in [0.25, 0.3) is 16.7 Å². The lowest BCUT2D eigenvalue weighted by molar-refractivity contribution is 0.0738. The van der Waals surface area contributed by atoms with Gasteiger partial charge in [-0.25, -0.2) is 19.3 Å². The second-order valence-electron chi connectivity index (χ2n) is 10.2. The summed E-state index contributed by atoms with van der Waals surface area (Å²) < 4.78 is 3.46. The maximum Gasteiger partial charge on any atom is 0.276 e. The Kier molecular flexibility index (Phi) is 4.88. The molecule has 4 aromatic rings. The molecule has 0 radical (unpaired) electrons. The number of nitrogens with one attached hydrogen (secondary N) is 2. The third-order valence-electron chi connectivity index (χ3n) is 7.28. The van der Waals surface area contributed by atoms with Crippen LogP contribution in [0.4, 0.5) is 11.5 Å². The highest BCUT2D eigenvalue weighted by Crippen LogP contribution is 2.50. The van der Waals surface area contributed by atoms with Crippen molar-refractivity contribution in [2.24, 2.45) is 0 Å². The fraction of sp³-hybridized carbons (Fsp3) is 0.370. The van der Waals surface area contributed by atoms with E-state index in [0.717, 1.165) is 18.8 Å². The number of nitrogens with zero attached hydrogens (tertiary/aromatic N) is 4. The molecule has 1 aliphatic heterocycles. The molecule has 35 heavy (non-hydrogen) atoms. The lowest BCUT2D eigenvalue weighted by Crippen LogP contribution is -2.33. The van der Waals surface area contributed by atoms with Crippen LogP contribution in [-0.4, -0.2) is 31.0 Å². The van der Waals surface area contributed by atoms with Crippen molar-refractivity contribution in [2.75, 3.05) is 11.9 Å². The molecule has 1 spiro atoms. The molecule has 6 rings (SSSR count). The molecular weight excluding hydrogens is 440 g/mol. The van der Waals surface area contributed by atoms with Crippen LogP contribution in [0.2, 0.25) is 0 Å². The Morgan fingerprint density at radius 3 is 2.77 bits per heavy atom. The molecule has 2 aliphatic rings. The molecule has 1 aromatic carbocycles. The summed E-state index contributed by atoms with van der Waals surface area (Å²) in [6.45, 7) is 7.75. The van der Waals surface area contributed by atoms with Crippen LogP contribution < -0.4 is 16.2 Å². The molecule has 4 heterocycles. The Morgan fingerprint density at radius 1 is 1.20 bits per heavy atom. The molecule has 0 amide bonds. The van der Waals surface area contributed by atoms with E-state index in [4.69, 9.17) is 0 Å². The summed E-state index contributed by atoms with van der Waals surface area (Å²) in [5.41, 5.74) is 4.16. The maximum atomic E-state index is 13.1. The van der Waals surface area contributed by atoms with Crippen LogP contribution in [0, 0.1) is 0 Å². The number of aromatic nitrogens is 4. The van der Waals surface area contributed by atoms with Crippen molar-refractivity contribution in [2.45, 2.75) is 57.7 Å². The van der Waals surface area contributed by atoms with Gasteiger partial charge in [-0.2, -0.15) is 0 Å². The van der Waals surface area contributed by atoms with Crippen molar-refractivity contribution in [3.05, 3.63) is 75.8 Å². The topological polar surface area (TPSA) is 97.0 Å². The van der Waals surface area contributed by atoms with Gasteiger partial charge in [0, 0.05) is 43.0 Å². The first kappa shape index (κ1) is 22.0. The van der Waals surface area contributed by atoms with Gasteiger partial charge in [0.25, 0.3) is 5.56 Å². The summed E-state index contributed by atoms with van der Waals surface area (Å²) in [5.74, 6) is 1.23. The molecule has 8 nitrogen and oxygen atoms in total. The second-order valence-corrected chi connectivity index (χ2v) is 10.2. The summed E-state index contributed by atoms with van der Waals surface area (Å²) in [6.07, 6.45) is 4.14. The first-order chi connectivity index (χ1) is 16.8. The summed E-state index contributed by atoms with van der Waals surface area (Å²) in [7, 11) is 0. The summed E-state index contributed by atoms with van der Waals surface area (Å²) in [5, 5.41) is 18.0. The Bertz CT molecular complexity index is 1510. The average Bonchev–Trinajstić information content (AvgIpc) is 3.55. The van der Waals surface area contributed by atoms with Crippen molar-refractivity contribution < 1.29 is 5.11 Å². The smallest absolute Gasteiger partial charge is 0.276 e. The number of rotatable bonds is 5. The zero-order valence-electron chi connectivity index (χ0n) is 20.3. The van der Waals surface area contributed by atoms with Gasteiger partial charge in [-0.1, -0.05) is 12.1 Å². The van der Waals surface area contributed by atoms with Crippen LogP contribution in [0.15, 0.2) is 53.5 Å². The SMILES string of the molecule is CCn1c(=O)c2cnc(Nc3ccc4c(c3)CNCC43CC3)cc2n1-c1cccc(C(C)(C)O)n1. The zero-order chi connectivity index (χ0) is 24.4. The Labute approximate surface area is 203 Å². The fourth-order valence-electron chi connectivity index (χ4n) is 5.24. The highest BCUT2D eigenvalue weighted by Gasteiger charge is 2.46. The van der Waals surface area contributed by atoms with Crippen molar-refractivity contribution in [3.8, 4) is 5.82 Å². The van der Waals surface area contributed by atoms with Crippen LogP contribution in [0.3, 0.4) is 0 Å². The number of hydrogen-bond acceptors (Lipinski definition) is 6. The van der Waals surface area contributed by atoms with Gasteiger partial charge in [-0.3, -0.25) is 4.79 Å². The minimum atomic E-state index is -1.09. The predicted molar refractivity (Wildman–Crippen MR) is 136 cm³/mol. The Morgan fingerprint density at radius 2 is 2.03 bits per heavy atom. The molecule has 180 valence electrons. The normalized spacial score (nSPS) is 16.5. The monoisotopic (exact) mass is 470 g/mol. The van der Waals surface area contributed by atoms with Crippen molar-refractivity contribution >= 4 is 22.4 Å². The highest BCUT2D eigenvalue weighted by molar-refractivity contribution is 5.82. The van der Waals surface area contributed by atoms with Crippen molar-refractivity contribution in [1.29, 1.82) is 0 Å². The van der Waals surface area contributed by atoms with Crippen molar-refractivity contribution in [1.82, 2.24) is 24.6 Å². The van der Waals surface area contributed by atoms with E-state index in [0.29, 0.717) is 40.2 Å². The van der Waals surface area contributed by atoms with E-state index in [9.17, 15) is 9.90 Å². The number of aliphatic hydroxyl groups is 1. The first-order valence-corrected chi connectivity index (χ1v) is 12.2. The molecule has 0 bridgehead atoms. The summed E-state index contributed by atoms with van der Waals surface area (Å²) in [6, 6.07) is 13.9. The minimum absolute atomic E-state index is 0.119. The van der Waals surface area contributed by atoms with Gasteiger partial charge >= 0.3 is 0 Å². The van der Waals surface area contributed by atoms with Gasteiger partial charge in [0.2, 0.25) is 0 Å². The highest BCUT2D eigenvalue weighted by atomic mass is 16.3. The molecule has 1 fully saturated rings. The average molecular weight is 471 g/mol. The van der Waals surface area contributed by atoms with Gasteiger partial charge in [-0.05, 0) is 69.0 Å². The number of anilines is 2. The van der Waals surface area contributed by atoms with Gasteiger partial charge in [0.1, 0.15) is 11.4 Å². The molecule has 0 saturated heterocycles. The standard InChI is InChI=1S/C27H30N6O2/c1-4-32-25(34)19-15-29-23(13-21(19)33(32)24-7-5-6-22(31-24)26(2,3)35)30-18-8-9-20-17(12-18)14-28-16-27(20)10-11-27/h5-9,12-13,15,28,35H,4,10-11,14,16H2,1-3H3,(H,29,30). The molecule has 3 aromatic heterocycles. The molecule has 0 unspecified atom stereocenters. The predicted octanol–water partition coefficient (Wildman–Crippen LogP) is 3.71. The van der Waals surface area contributed by atoms with E-state index < -0.39 is 5.60 Å². The van der Waals surface area contributed by atoms with Gasteiger partial charge in [0.15, 0.2) is 5.82 Å². The molecular formula is C27H30N6O2. The van der Waals surface area contributed by atoms with Crippen LogP contribution in [0.1, 0.15) is 50.4 Å². The fourth-order valence-corrected chi connectivity index (χ4v) is 5.24. The van der Waals surface area contributed by atoms with Gasteiger partial charge in [0.05, 0.1) is 16.6 Å². The van der Waals surface area contributed by atoms with Crippen LogP contribution in [-0.2, 0) is 24.1 Å². The number of fused-ring (bicyclic) bond motifs is 3. The molecule has 1 aliphatic carbocycles. The van der Waals surface area contributed by atoms with Gasteiger partial charge < -0.3 is 15.7 Å². The Balaban J connectivity index is 1.42. The third-order valence-corrected chi connectivity index (χ3v) is 7.28. The molecule has 3 N–H and O–H groups in total. The molecule has 0 atom stereocenters. The van der Waals surface area contributed by atoms with E-state index >= 15 is 0 Å². The van der Waals surface area contributed by atoms with E-state index in [1.807, 2.05) is 29.8 Å². The Hall–Kier alpha value is -3.49. The number of pyridine rings is 2. The lowest BCUT2D eigenvalue weighted by atomic mass is 9.88. The third kappa shape index (κ3) is 3.64. The number of benzene rings is 1. The first-order valence-electron chi connectivity index (χ1n) is 12.2. The second kappa shape index (κ2) is 7.76. The quantitative estimate of drug-likeness (QED) is 0.412. The molecule has 1 saturated carbocycles. The zero-order valence-corrected chi connectivity index (χ0v) is 20.3. The van der Waals surface area contributed by atoms with Gasteiger partial charge in [-0.15, -0.1) is 0 Å². The van der Waals surface area contributed by atoms with E-state index in [1.54, 1.807) is 30.8 Å². The van der Waals surface area contributed by atoms with Crippen LogP contribution in [0.5, 0.6) is 0 Å². The van der Waals surface area contributed by atoms with E-state index in [1.165, 1.54) is 24.0 Å². The van der Waals surface area contributed by atoms with Crippen molar-refractivity contribution in [3.63, 3.8) is 0 Å². The minimum Gasteiger partial charge on any atom is -0.384 e. The summed E-state index contributed by atoms with van der Waals surface area (Å²) >= 11 is 0. The lowest BCUT2D eigenvalue weighted by Gasteiger charge is -2.26. The van der Waals surface area contributed by atoms with E-state index in [-0.39, 0.29) is 5.56 Å². The molecule has 8 heteroatoms. The summed E-state index contributed by atoms with van der Waals surface area (Å²) in [4.78, 5) is 22.3. The van der Waals surface area contributed by atoms with E-state index in [2.05, 4.69) is 38.8 Å². The largest absolute Gasteiger partial charge is 0.384 e. The maximum absolute atomic E-state index is 13.1.